The summed E-state index contributed by atoms with van der Waals surface area (Å²) in [6.07, 6.45) is 4.60. The Morgan fingerprint density at radius 3 is 2.57 bits per heavy atom. The lowest BCUT2D eigenvalue weighted by molar-refractivity contribution is 0.0290. The fourth-order valence-electron chi connectivity index (χ4n) is 2.40. The van der Waals surface area contributed by atoms with Crippen LogP contribution in [0.2, 0.25) is 0 Å². The van der Waals surface area contributed by atoms with Crippen molar-refractivity contribution in [3.8, 4) is 0 Å². The predicted molar refractivity (Wildman–Crippen MR) is 54.7 cm³/mol. The molecule has 0 spiro atoms. The lowest BCUT2D eigenvalue weighted by atomic mass is 9.88. The summed E-state index contributed by atoms with van der Waals surface area (Å²) in [6.45, 7) is 4.40. The van der Waals surface area contributed by atoms with Crippen molar-refractivity contribution in [2.24, 2.45) is 12.5 Å². The van der Waals surface area contributed by atoms with Crippen LogP contribution in [0.5, 0.6) is 0 Å². The monoisotopic (exact) mass is 194 g/mol. The van der Waals surface area contributed by atoms with Gasteiger partial charge in [0.1, 0.15) is 5.60 Å². The molecule has 1 aliphatic carbocycles. The third kappa shape index (κ3) is 1.57. The lowest BCUT2D eigenvalue weighted by Gasteiger charge is -2.23. The fraction of sp³-hybridized carbons (Fsp3) is 0.727. The minimum Gasteiger partial charge on any atom is -0.383 e. The van der Waals surface area contributed by atoms with E-state index in [0.29, 0.717) is 0 Å². The number of aromatic nitrogens is 2. The molecule has 1 saturated carbocycles. The third-order valence-corrected chi connectivity index (χ3v) is 3.18. The molecule has 0 radical (unpaired) electrons. The zero-order valence-corrected chi connectivity index (χ0v) is 9.12. The molecule has 0 bridgehead atoms. The number of rotatable bonds is 1. The summed E-state index contributed by atoms with van der Waals surface area (Å²) >= 11 is 0. The van der Waals surface area contributed by atoms with E-state index in [2.05, 4.69) is 18.9 Å². The van der Waals surface area contributed by atoms with Gasteiger partial charge in [0, 0.05) is 13.2 Å². The van der Waals surface area contributed by atoms with Gasteiger partial charge in [-0.05, 0) is 30.7 Å². The number of hydrogen-bond donors (Lipinski definition) is 1. The molecule has 3 nitrogen and oxygen atoms in total. The molecule has 1 atom stereocenters. The minimum atomic E-state index is -0.690. The van der Waals surface area contributed by atoms with Crippen LogP contribution in [0.15, 0.2) is 12.3 Å². The summed E-state index contributed by atoms with van der Waals surface area (Å²) in [6, 6.07) is 1.92. The summed E-state index contributed by atoms with van der Waals surface area (Å²) in [7, 11) is 1.88. The zero-order valence-electron chi connectivity index (χ0n) is 9.12. The molecule has 1 unspecified atom stereocenters. The molecule has 1 N–H and O–H groups in total. The second-order valence-corrected chi connectivity index (χ2v) is 5.25. The third-order valence-electron chi connectivity index (χ3n) is 3.18. The van der Waals surface area contributed by atoms with Gasteiger partial charge in [0.25, 0.3) is 0 Å². The van der Waals surface area contributed by atoms with Crippen LogP contribution in [0.3, 0.4) is 0 Å². The van der Waals surface area contributed by atoms with Crippen LogP contribution in [0, 0.1) is 5.41 Å². The molecule has 2 rings (SSSR count). The van der Waals surface area contributed by atoms with Crippen LogP contribution in [0.4, 0.5) is 0 Å². The Labute approximate surface area is 84.7 Å². The Morgan fingerprint density at radius 2 is 2.14 bits per heavy atom. The maximum Gasteiger partial charge on any atom is 0.109 e. The van der Waals surface area contributed by atoms with Gasteiger partial charge in [-0.1, -0.05) is 13.8 Å². The Bertz CT molecular complexity index is 343. The van der Waals surface area contributed by atoms with Gasteiger partial charge < -0.3 is 5.11 Å². The van der Waals surface area contributed by atoms with Gasteiger partial charge >= 0.3 is 0 Å². The molecular formula is C11H18N2O. The van der Waals surface area contributed by atoms with Gasteiger partial charge in [-0.2, -0.15) is 5.10 Å². The van der Waals surface area contributed by atoms with Crippen LogP contribution in [0.25, 0.3) is 0 Å². The van der Waals surface area contributed by atoms with Crippen molar-refractivity contribution in [1.29, 1.82) is 0 Å². The van der Waals surface area contributed by atoms with Crippen molar-refractivity contribution in [3.05, 3.63) is 18.0 Å². The molecule has 1 aromatic rings. The van der Waals surface area contributed by atoms with Gasteiger partial charge in [0.05, 0.1) is 5.69 Å². The average molecular weight is 194 g/mol. The van der Waals surface area contributed by atoms with Gasteiger partial charge in [-0.25, -0.2) is 0 Å². The zero-order chi connectivity index (χ0) is 10.4. The largest absolute Gasteiger partial charge is 0.383 e. The van der Waals surface area contributed by atoms with Crippen molar-refractivity contribution in [1.82, 2.24) is 9.78 Å². The van der Waals surface area contributed by atoms with Gasteiger partial charge in [-0.3, -0.25) is 4.68 Å². The molecule has 1 aromatic heterocycles. The van der Waals surface area contributed by atoms with E-state index in [4.69, 9.17) is 0 Å². The Morgan fingerprint density at radius 1 is 1.43 bits per heavy atom. The highest BCUT2D eigenvalue weighted by Crippen LogP contribution is 2.48. The molecular weight excluding hydrogens is 176 g/mol. The molecule has 1 fully saturated rings. The highest BCUT2D eigenvalue weighted by molar-refractivity contribution is 5.14. The van der Waals surface area contributed by atoms with E-state index in [1.54, 1.807) is 4.68 Å². The first-order valence-corrected chi connectivity index (χ1v) is 5.14. The topological polar surface area (TPSA) is 38.0 Å². The van der Waals surface area contributed by atoms with Crippen molar-refractivity contribution >= 4 is 0 Å². The van der Waals surface area contributed by atoms with E-state index in [9.17, 15) is 5.11 Å². The van der Waals surface area contributed by atoms with E-state index in [-0.39, 0.29) is 5.41 Å². The standard InChI is InChI=1S/C11H18N2O/c1-10(2)5-6-11(14,8-10)9-4-7-13(3)12-9/h4,7,14H,5-6,8H2,1-3H3. The molecule has 3 heteroatoms. The highest BCUT2D eigenvalue weighted by atomic mass is 16.3. The molecule has 0 aliphatic heterocycles. The van der Waals surface area contributed by atoms with Crippen LogP contribution in [0.1, 0.15) is 38.8 Å². The summed E-state index contributed by atoms with van der Waals surface area (Å²) < 4.78 is 1.75. The molecule has 0 aromatic carbocycles. The van der Waals surface area contributed by atoms with Crippen molar-refractivity contribution in [3.63, 3.8) is 0 Å². The molecule has 1 heterocycles. The van der Waals surface area contributed by atoms with Gasteiger partial charge in [0.15, 0.2) is 0 Å². The van der Waals surface area contributed by atoms with Crippen molar-refractivity contribution in [2.75, 3.05) is 0 Å². The van der Waals surface area contributed by atoms with Crippen LogP contribution < -0.4 is 0 Å². The quantitative estimate of drug-likeness (QED) is 0.740. The van der Waals surface area contributed by atoms with Crippen molar-refractivity contribution in [2.45, 2.75) is 38.7 Å². The van der Waals surface area contributed by atoms with Crippen LogP contribution in [-0.2, 0) is 12.6 Å². The first kappa shape index (κ1) is 9.71. The maximum absolute atomic E-state index is 10.4. The summed E-state index contributed by atoms with van der Waals surface area (Å²) in [5.74, 6) is 0. The smallest absolute Gasteiger partial charge is 0.109 e. The molecule has 0 amide bonds. The second-order valence-electron chi connectivity index (χ2n) is 5.25. The molecule has 78 valence electrons. The van der Waals surface area contributed by atoms with E-state index < -0.39 is 5.60 Å². The number of aryl methyl sites for hydroxylation is 1. The SMILES string of the molecule is Cn1ccc(C2(O)CCC(C)(C)C2)n1. The first-order valence-electron chi connectivity index (χ1n) is 5.14. The van der Waals surface area contributed by atoms with E-state index in [0.717, 1.165) is 25.0 Å². The average Bonchev–Trinajstić information content (AvgIpc) is 2.57. The fourth-order valence-corrected chi connectivity index (χ4v) is 2.40. The number of nitrogens with zero attached hydrogens (tertiary/aromatic N) is 2. The maximum atomic E-state index is 10.4. The summed E-state index contributed by atoms with van der Waals surface area (Å²) in [5.41, 5.74) is 0.377. The van der Waals surface area contributed by atoms with E-state index in [1.165, 1.54) is 0 Å². The number of aliphatic hydroxyl groups is 1. The predicted octanol–water partition coefficient (Wildman–Crippen LogP) is 1.82. The van der Waals surface area contributed by atoms with Crippen LogP contribution >= 0.6 is 0 Å². The lowest BCUT2D eigenvalue weighted by Crippen LogP contribution is -2.24. The second kappa shape index (κ2) is 2.83. The Balaban J connectivity index is 2.27. The molecule has 1 aliphatic rings. The van der Waals surface area contributed by atoms with Crippen molar-refractivity contribution < 1.29 is 5.11 Å². The Hall–Kier alpha value is -0.830. The molecule has 0 saturated heterocycles. The van der Waals surface area contributed by atoms with E-state index >= 15 is 0 Å². The van der Waals surface area contributed by atoms with Crippen LogP contribution in [-0.4, -0.2) is 14.9 Å². The summed E-state index contributed by atoms with van der Waals surface area (Å²) in [4.78, 5) is 0. The minimum absolute atomic E-state index is 0.242. The molecule has 14 heavy (non-hydrogen) atoms. The normalized spacial score (nSPS) is 30.9. The summed E-state index contributed by atoms with van der Waals surface area (Å²) in [5, 5.41) is 14.7. The van der Waals surface area contributed by atoms with Gasteiger partial charge in [0.2, 0.25) is 0 Å². The Kier molecular flexibility index (Phi) is 1.96. The first-order chi connectivity index (χ1) is 6.41. The van der Waals surface area contributed by atoms with E-state index in [1.807, 2.05) is 19.3 Å². The highest BCUT2D eigenvalue weighted by Gasteiger charge is 2.44. The number of hydrogen-bond acceptors (Lipinski definition) is 2. The van der Waals surface area contributed by atoms with Gasteiger partial charge in [-0.15, -0.1) is 0 Å².